The van der Waals surface area contributed by atoms with E-state index in [-0.39, 0.29) is 5.60 Å². The molecule has 0 amide bonds. The van der Waals surface area contributed by atoms with Crippen LogP contribution in [0.4, 0.5) is 0 Å². The van der Waals surface area contributed by atoms with Gasteiger partial charge in [-0.15, -0.1) is 0 Å². The summed E-state index contributed by atoms with van der Waals surface area (Å²) in [5.74, 6) is 0. The Balaban J connectivity index is 2.13. The number of benzene rings is 2. The zero-order valence-electron chi connectivity index (χ0n) is 12.9. The molecule has 0 radical (unpaired) electrons. The van der Waals surface area contributed by atoms with Gasteiger partial charge < -0.3 is 10.1 Å². The van der Waals surface area contributed by atoms with E-state index >= 15 is 0 Å². The molecule has 2 rings (SSSR count). The normalized spacial score (nSPS) is 13.6. The van der Waals surface area contributed by atoms with E-state index in [4.69, 9.17) is 4.74 Å². The third kappa shape index (κ3) is 4.06. The smallest absolute Gasteiger partial charge is 0.0629 e. The van der Waals surface area contributed by atoms with E-state index in [1.807, 2.05) is 7.05 Å². The third-order valence-corrected chi connectivity index (χ3v) is 3.47. The number of fused-ring (bicyclic) bond motifs is 1. The summed E-state index contributed by atoms with van der Waals surface area (Å²) in [4.78, 5) is 0. The second-order valence-corrected chi connectivity index (χ2v) is 6.25. The maximum Gasteiger partial charge on any atom is 0.0629 e. The van der Waals surface area contributed by atoms with Crippen molar-refractivity contribution in [1.29, 1.82) is 0 Å². The maximum atomic E-state index is 5.90. The largest absolute Gasteiger partial charge is 0.374 e. The topological polar surface area (TPSA) is 21.3 Å². The Hall–Kier alpha value is -1.38. The van der Waals surface area contributed by atoms with Crippen LogP contribution in [0.3, 0.4) is 0 Å². The summed E-state index contributed by atoms with van der Waals surface area (Å²) in [5.41, 5.74) is 1.29. The van der Waals surface area contributed by atoms with Crippen molar-refractivity contribution in [3.05, 3.63) is 48.0 Å². The molecular formula is C18H25NO. The average molecular weight is 271 g/mol. The van der Waals surface area contributed by atoms with E-state index in [0.29, 0.717) is 6.04 Å². The molecule has 0 bridgehead atoms. The van der Waals surface area contributed by atoms with Crippen LogP contribution < -0.4 is 5.32 Å². The Bertz CT molecular complexity index is 551. The molecule has 2 heteroatoms. The Kier molecular flexibility index (Phi) is 4.79. The van der Waals surface area contributed by atoms with Gasteiger partial charge in [0.1, 0.15) is 0 Å². The highest BCUT2D eigenvalue weighted by Crippen LogP contribution is 2.20. The zero-order chi connectivity index (χ0) is 14.6. The van der Waals surface area contributed by atoms with Gasteiger partial charge in [-0.2, -0.15) is 0 Å². The lowest BCUT2D eigenvalue weighted by atomic mass is 9.99. The fourth-order valence-electron chi connectivity index (χ4n) is 2.33. The van der Waals surface area contributed by atoms with Crippen LogP contribution in [0.25, 0.3) is 10.8 Å². The van der Waals surface area contributed by atoms with Crippen LogP contribution in [0.1, 0.15) is 26.3 Å². The summed E-state index contributed by atoms with van der Waals surface area (Å²) in [7, 11) is 2.00. The van der Waals surface area contributed by atoms with Crippen molar-refractivity contribution in [2.24, 2.45) is 0 Å². The molecule has 0 heterocycles. The number of rotatable bonds is 5. The first-order chi connectivity index (χ1) is 9.49. The van der Waals surface area contributed by atoms with Crippen molar-refractivity contribution in [3.8, 4) is 0 Å². The van der Waals surface area contributed by atoms with Gasteiger partial charge in [-0.25, -0.2) is 0 Å². The maximum absolute atomic E-state index is 5.90. The minimum Gasteiger partial charge on any atom is -0.374 e. The van der Waals surface area contributed by atoms with Gasteiger partial charge in [0.25, 0.3) is 0 Å². The monoisotopic (exact) mass is 271 g/mol. The van der Waals surface area contributed by atoms with Gasteiger partial charge in [0.15, 0.2) is 0 Å². The summed E-state index contributed by atoms with van der Waals surface area (Å²) < 4.78 is 5.90. The molecule has 2 aromatic rings. The molecule has 1 atom stereocenters. The van der Waals surface area contributed by atoms with Crippen LogP contribution in [0.2, 0.25) is 0 Å². The summed E-state index contributed by atoms with van der Waals surface area (Å²) >= 11 is 0. The van der Waals surface area contributed by atoms with Gasteiger partial charge in [0, 0.05) is 6.04 Å². The number of ether oxygens (including phenoxy) is 1. The lowest BCUT2D eigenvalue weighted by Gasteiger charge is -2.24. The standard InChI is InChI=1S/C18H25NO/c1-18(2,3)20-13-16(19-4)12-15-10-7-9-14-8-5-6-11-17(14)15/h5-11,16,19H,12-13H2,1-4H3. The van der Waals surface area contributed by atoms with Crippen LogP contribution in [0.15, 0.2) is 42.5 Å². The van der Waals surface area contributed by atoms with Crippen LogP contribution in [0.5, 0.6) is 0 Å². The summed E-state index contributed by atoms with van der Waals surface area (Å²) in [6.45, 7) is 7.01. The first kappa shape index (κ1) is 15.0. The Morgan fingerprint density at radius 2 is 1.75 bits per heavy atom. The molecule has 1 N–H and O–H groups in total. The van der Waals surface area contributed by atoms with Gasteiger partial charge in [-0.3, -0.25) is 0 Å². The quantitative estimate of drug-likeness (QED) is 0.893. The molecule has 0 saturated carbocycles. The minimum absolute atomic E-state index is 0.0894. The van der Waals surface area contributed by atoms with Gasteiger partial charge >= 0.3 is 0 Å². The molecule has 2 aromatic carbocycles. The van der Waals surface area contributed by atoms with Crippen molar-refractivity contribution in [2.75, 3.05) is 13.7 Å². The molecule has 1 unspecified atom stereocenters. The lowest BCUT2D eigenvalue weighted by molar-refractivity contribution is -0.0134. The van der Waals surface area contributed by atoms with E-state index in [0.717, 1.165) is 13.0 Å². The molecule has 0 aliphatic heterocycles. The van der Waals surface area contributed by atoms with E-state index in [9.17, 15) is 0 Å². The van der Waals surface area contributed by atoms with E-state index in [2.05, 4.69) is 68.6 Å². The highest BCUT2D eigenvalue weighted by atomic mass is 16.5. The molecule has 0 fully saturated rings. The van der Waals surface area contributed by atoms with Gasteiger partial charge in [0.05, 0.1) is 12.2 Å². The number of likely N-dealkylation sites (N-methyl/N-ethyl adjacent to an activating group) is 1. The minimum atomic E-state index is -0.0894. The highest BCUT2D eigenvalue weighted by molar-refractivity contribution is 5.85. The van der Waals surface area contributed by atoms with Gasteiger partial charge in [-0.05, 0) is 50.6 Å². The molecular weight excluding hydrogens is 246 g/mol. The van der Waals surface area contributed by atoms with E-state index in [1.54, 1.807) is 0 Å². The number of hydrogen-bond acceptors (Lipinski definition) is 2. The van der Waals surface area contributed by atoms with Crippen LogP contribution in [0, 0.1) is 0 Å². The highest BCUT2D eigenvalue weighted by Gasteiger charge is 2.15. The second kappa shape index (κ2) is 6.38. The molecule has 0 aliphatic rings. The van der Waals surface area contributed by atoms with Crippen molar-refractivity contribution in [2.45, 2.75) is 38.8 Å². The van der Waals surface area contributed by atoms with Crippen molar-refractivity contribution >= 4 is 10.8 Å². The Morgan fingerprint density at radius 1 is 1.05 bits per heavy atom. The molecule has 0 spiro atoms. The molecule has 20 heavy (non-hydrogen) atoms. The van der Waals surface area contributed by atoms with Crippen molar-refractivity contribution in [1.82, 2.24) is 5.32 Å². The summed E-state index contributed by atoms with van der Waals surface area (Å²) in [6, 6.07) is 15.4. The third-order valence-electron chi connectivity index (χ3n) is 3.47. The molecule has 108 valence electrons. The molecule has 0 aromatic heterocycles. The van der Waals surface area contributed by atoms with E-state index < -0.39 is 0 Å². The predicted molar refractivity (Wildman–Crippen MR) is 86.2 cm³/mol. The Morgan fingerprint density at radius 3 is 2.45 bits per heavy atom. The predicted octanol–water partition coefficient (Wildman–Crippen LogP) is 3.79. The van der Waals surface area contributed by atoms with Crippen LogP contribution in [-0.2, 0) is 11.2 Å². The van der Waals surface area contributed by atoms with E-state index in [1.165, 1.54) is 16.3 Å². The lowest BCUT2D eigenvalue weighted by Crippen LogP contribution is -2.36. The fourth-order valence-corrected chi connectivity index (χ4v) is 2.33. The van der Waals surface area contributed by atoms with Crippen molar-refractivity contribution in [3.63, 3.8) is 0 Å². The molecule has 0 aliphatic carbocycles. The first-order valence-electron chi connectivity index (χ1n) is 7.27. The second-order valence-electron chi connectivity index (χ2n) is 6.25. The number of hydrogen-bond donors (Lipinski definition) is 1. The van der Waals surface area contributed by atoms with Crippen LogP contribution in [-0.4, -0.2) is 25.3 Å². The summed E-state index contributed by atoms with van der Waals surface area (Å²) in [5, 5.41) is 6.00. The number of nitrogens with one attached hydrogen (secondary N) is 1. The first-order valence-corrected chi connectivity index (χ1v) is 7.27. The Labute approximate surface area is 122 Å². The zero-order valence-corrected chi connectivity index (χ0v) is 12.9. The molecule has 2 nitrogen and oxygen atoms in total. The molecule has 0 saturated heterocycles. The van der Waals surface area contributed by atoms with Crippen molar-refractivity contribution < 1.29 is 4.74 Å². The fraction of sp³-hybridized carbons (Fsp3) is 0.444. The van der Waals surface area contributed by atoms with Gasteiger partial charge in [-0.1, -0.05) is 42.5 Å². The average Bonchev–Trinajstić information content (AvgIpc) is 2.42. The SMILES string of the molecule is CNC(COC(C)(C)C)Cc1cccc2ccccc12. The van der Waals surface area contributed by atoms with Crippen LogP contribution >= 0.6 is 0 Å². The van der Waals surface area contributed by atoms with Gasteiger partial charge in [0.2, 0.25) is 0 Å². The summed E-state index contributed by atoms with van der Waals surface area (Å²) in [6.07, 6.45) is 0.980.